The first-order valence-corrected chi connectivity index (χ1v) is 7.67. The number of Topliss-reactive ketones (excluding diaryl/α,β-unsaturated/α-hetero) is 1. The molecule has 1 saturated heterocycles. The molecule has 0 radical (unpaired) electrons. The van der Waals surface area contributed by atoms with Gasteiger partial charge in [-0.3, -0.25) is 4.79 Å². The molecule has 0 spiro atoms. The Balaban J connectivity index is 1.66. The minimum atomic E-state index is -0.258. The molecule has 1 aromatic carbocycles. The summed E-state index contributed by atoms with van der Waals surface area (Å²) in [7, 11) is 0. The Hall–Kier alpha value is -1.22. The van der Waals surface area contributed by atoms with Crippen molar-refractivity contribution in [3.8, 4) is 0 Å². The summed E-state index contributed by atoms with van der Waals surface area (Å²) in [6.07, 6.45) is 6.34. The fourth-order valence-corrected chi connectivity index (χ4v) is 3.70. The van der Waals surface area contributed by atoms with Crippen molar-refractivity contribution in [1.29, 1.82) is 0 Å². The van der Waals surface area contributed by atoms with Gasteiger partial charge in [0, 0.05) is 12.5 Å². The zero-order valence-electron chi connectivity index (χ0n) is 12.0. The molecule has 1 saturated carbocycles. The zero-order valence-corrected chi connectivity index (χ0v) is 12.0. The van der Waals surface area contributed by atoms with Crippen LogP contribution in [-0.2, 0) is 11.2 Å². The normalized spacial score (nSPS) is 29.2. The second-order valence-electron chi connectivity index (χ2n) is 6.32. The molecule has 1 aromatic rings. The van der Waals surface area contributed by atoms with Crippen molar-refractivity contribution in [2.45, 2.75) is 57.5 Å². The van der Waals surface area contributed by atoms with Crippen LogP contribution in [0.4, 0.5) is 4.39 Å². The van der Waals surface area contributed by atoms with Crippen LogP contribution in [0.1, 0.15) is 43.2 Å². The molecule has 0 aromatic heterocycles. The lowest BCUT2D eigenvalue weighted by Crippen LogP contribution is -2.37. The summed E-state index contributed by atoms with van der Waals surface area (Å²) >= 11 is 0. The van der Waals surface area contributed by atoms with Gasteiger partial charge in [-0.05, 0) is 55.4 Å². The van der Waals surface area contributed by atoms with Crippen LogP contribution in [0.3, 0.4) is 0 Å². The van der Waals surface area contributed by atoms with E-state index >= 15 is 0 Å². The number of rotatable bonds is 3. The first kappa shape index (κ1) is 13.7. The molecule has 3 atom stereocenters. The molecule has 1 heterocycles. The lowest BCUT2D eigenvalue weighted by Gasteiger charge is -2.24. The minimum absolute atomic E-state index is 0.0224. The van der Waals surface area contributed by atoms with Crippen molar-refractivity contribution >= 4 is 5.78 Å². The summed E-state index contributed by atoms with van der Waals surface area (Å²) in [6.45, 7) is 1.93. The number of ketones is 1. The van der Waals surface area contributed by atoms with Crippen LogP contribution in [0.5, 0.6) is 0 Å². The highest BCUT2D eigenvalue weighted by Gasteiger charge is 2.37. The number of hydrogen-bond donors (Lipinski definition) is 1. The molecule has 2 fully saturated rings. The Morgan fingerprint density at radius 2 is 2.15 bits per heavy atom. The molecule has 0 bridgehead atoms. The first-order valence-electron chi connectivity index (χ1n) is 7.67. The molecular formula is C17H22FNO. The third-order valence-electron chi connectivity index (χ3n) is 4.93. The average Bonchev–Trinajstić information content (AvgIpc) is 2.87. The van der Waals surface area contributed by atoms with Gasteiger partial charge in [0.25, 0.3) is 0 Å². The predicted molar refractivity (Wildman–Crippen MR) is 77.1 cm³/mol. The van der Waals surface area contributed by atoms with Crippen molar-refractivity contribution in [1.82, 2.24) is 5.32 Å². The standard InChI is InChI=1S/C17H22FNO/c1-11-6-7-14(18)8-13(11)10-17(20)16-9-12-4-2-3-5-15(12)19-16/h6-8,12,15-16,19H,2-5,9-10H2,1H3. The number of carbonyl (C=O) groups is 1. The Morgan fingerprint density at radius 3 is 2.95 bits per heavy atom. The van der Waals surface area contributed by atoms with Crippen LogP contribution in [0.2, 0.25) is 0 Å². The second kappa shape index (κ2) is 5.65. The number of halogens is 1. The van der Waals surface area contributed by atoms with Gasteiger partial charge in [0.05, 0.1) is 6.04 Å². The summed E-state index contributed by atoms with van der Waals surface area (Å²) in [6, 6.07) is 5.21. The molecular weight excluding hydrogens is 253 g/mol. The van der Waals surface area contributed by atoms with Gasteiger partial charge in [-0.15, -0.1) is 0 Å². The molecule has 0 amide bonds. The molecule has 108 valence electrons. The zero-order chi connectivity index (χ0) is 14.1. The second-order valence-corrected chi connectivity index (χ2v) is 6.32. The van der Waals surface area contributed by atoms with Crippen LogP contribution in [0.15, 0.2) is 18.2 Å². The van der Waals surface area contributed by atoms with Crippen molar-refractivity contribution in [3.63, 3.8) is 0 Å². The molecule has 3 rings (SSSR count). The van der Waals surface area contributed by atoms with Gasteiger partial charge in [-0.25, -0.2) is 4.39 Å². The van der Waals surface area contributed by atoms with Gasteiger partial charge >= 0.3 is 0 Å². The Kier molecular flexibility index (Phi) is 3.88. The van der Waals surface area contributed by atoms with Gasteiger partial charge in [-0.1, -0.05) is 18.9 Å². The van der Waals surface area contributed by atoms with Crippen molar-refractivity contribution in [3.05, 3.63) is 35.1 Å². The summed E-state index contributed by atoms with van der Waals surface area (Å²) in [5.74, 6) is 0.630. The lowest BCUT2D eigenvalue weighted by atomic mass is 9.84. The number of hydrogen-bond acceptors (Lipinski definition) is 2. The van der Waals surface area contributed by atoms with Crippen LogP contribution < -0.4 is 5.32 Å². The monoisotopic (exact) mass is 275 g/mol. The van der Waals surface area contributed by atoms with Crippen molar-refractivity contribution in [2.75, 3.05) is 0 Å². The maximum Gasteiger partial charge on any atom is 0.154 e. The van der Waals surface area contributed by atoms with Crippen LogP contribution >= 0.6 is 0 Å². The quantitative estimate of drug-likeness (QED) is 0.918. The number of carbonyl (C=O) groups excluding carboxylic acids is 1. The predicted octanol–water partition coefficient (Wildman–Crippen LogP) is 3.17. The van der Waals surface area contributed by atoms with E-state index < -0.39 is 0 Å². The maximum atomic E-state index is 13.3. The third-order valence-corrected chi connectivity index (χ3v) is 4.93. The molecule has 1 aliphatic heterocycles. The lowest BCUT2D eigenvalue weighted by molar-refractivity contribution is -0.120. The fraction of sp³-hybridized carbons (Fsp3) is 0.588. The van der Waals surface area contributed by atoms with E-state index in [1.165, 1.54) is 37.8 Å². The van der Waals surface area contributed by atoms with Gasteiger partial charge in [0.15, 0.2) is 5.78 Å². The summed E-state index contributed by atoms with van der Waals surface area (Å²) in [5.41, 5.74) is 1.82. The molecule has 3 heteroatoms. The maximum absolute atomic E-state index is 13.3. The summed E-state index contributed by atoms with van der Waals surface area (Å²) < 4.78 is 13.3. The summed E-state index contributed by atoms with van der Waals surface area (Å²) in [5, 5.41) is 3.50. The van der Waals surface area contributed by atoms with E-state index in [2.05, 4.69) is 5.32 Å². The number of nitrogens with one attached hydrogen (secondary N) is 1. The summed E-state index contributed by atoms with van der Waals surface area (Å²) in [4.78, 5) is 12.4. The highest BCUT2D eigenvalue weighted by Crippen LogP contribution is 2.33. The Morgan fingerprint density at radius 1 is 1.35 bits per heavy atom. The van der Waals surface area contributed by atoms with E-state index in [-0.39, 0.29) is 17.6 Å². The van der Waals surface area contributed by atoms with E-state index in [9.17, 15) is 9.18 Å². The van der Waals surface area contributed by atoms with Gasteiger partial charge in [-0.2, -0.15) is 0 Å². The van der Waals surface area contributed by atoms with E-state index in [4.69, 9.17) is 0 Å². The largest absolute Gasteiger partial charge is 0.304 e. The van der Waals surface area contributed by atoms with Gasteiger partial charge in [0.1, 0.15) is 5.82 Å². The molecule has 2 nitrogen and oxygen atoms in total. The van der Waals surface area contributed by atoms with E-state index in [0.29, 0.717) is 18.4 Å². The number of fused-ring (bicyclic) bond motifs is 1. The number of benzene rings is 1. The number of aryl methyl sites for hydroxylation is 1. The average molecular weight is 275 g/mol. The van der Waals surface area contributed by atoms with Gasteiger partial charge < -0.3 is 5.32 Å². The molecule has 3 unspecified atom stereocenters. The third kappa shape index (κ3) is 2.78. The van der Waals surface area contributed by atoms with Crippen LogP contribution in [-0.4, -0.2) is 17.9 Å². The highest BCUT2D eigenvalue weighted by molar-refractivity contribution is 5.86. The van der Waals surface area contributed by atoms with Crippen molar-refractivity contribution < 1.29 is 9.18 Å². The molecule has 20 heavy (non-hydrogen) atoms. The fourth-order valence-electron chi connectivity index (χ4n) is 3.70. The SMILES string of the molecule is Cc1ccc(F)cc1CC(=O)C1CC2CCCCC2N1. The highest BCUT2D eigenvalue weighted by atomic mass is 19.1. The van der Waals surface area contributed by atoms with Crippen LogP contribution in [0.25, 0.3) is 0 Å². The van der Waals surface area contributed by atoms with Crippen molar-refractivity contribution in [2.24, 2.45) is 5.92 Å². The van der Waals surface area contributed by atoms with E-state index in [1.54, 1.807) is 6.07 Å². The molecule has 2 aliphatic rings. The molecule has 1 N–H and O–H groups in total. The van der Waals surface area contributed by atoms with Gasteiger partial charge in [0.2, 0.25) is 0 Å². The molecule has 1 aliphatic carbocycles. The first-order chi connectivity index (χ1) is 9.63. The minimum Gasteiger partial charge on any atom is -0.304 e. The Labute approximate surface area is 119 Å². The van der Waals surface area contributed by atoms with Crippen LogP contribution in [0, 0.1) is 18.7 Å². The van der Waals surface area contributed by atoms with E-state index in [1.807, 2.05) is 6.92 Å². The van der Waals surface area contributed by atoms with E-state index in [0.717, 1.165) is 17.5 Å². The topological polar surface area (TPSA) is 29.1 Å². The smallest absolute Gasteiger partial charge is 0.154 e. The Bertz CT molecular complexity index is 500.